The number of phosphoric acid groups is 1. The molecule has 1 unspecified atom stereocenters. The van der Waals surface area contributed by atoms with Crippen molar-refractivity contribution in [3.63, 3.8) is 0 Å². The van der Waals surface area contributed by atoms with Crippen molar-refractivity contribution in [2.45, 2.75) is 91.4 Å². The highest BCUT2D eigenvalue weighted by Crippen LogP contribution is 2.58. The van der Waals surface area contributed by atoms with Crippen LogP contribution in [0.5, 0.6) is 11.5 Å². The van der Waals surface area contributed by atoms with Crippen molar-refractivity contribution in [2.75, 3.05) is 26.4 Å². The molecular formula is C32H44O8P2. The van der Waals surface area contributed by atoms with Gasteiger partial charge in [0.1, 0.15) is 17.4 Å². The maximum absolute atomic E-state index is 13.7. The Balaban J connectivity index is 1.55. The monoisotopic (exact) mass is 618 g/mol. The molecule has 2 aromatic carbocycles. The molecule has 230 valence electrons. The second-order valence-electron chi connectivity index (χ2n) is 15.0. The van der Waals surface area contributed by atoms with Crippen molar-refractivity contribution in [3.05, 3.63) is 57.6 Å². The highest BCUT2D eigenvalue weighted by molar-refractivity contribution is 7.49. The molecule has 0 N–H and O–H groups in total. The molecule has 3 heterocycles. The van der Waals surface area contributed by atoms with E-state index in [0.29, 0.717) is 24.7 Å². The molecule has 2 aromatic rings. The van der Waals surface area contributed by atoms with Gasteiger partial charge >= 0.3 is 13.8 Å². The third-order valence-corrected chi connectivity index (χ3v) is 9.94. The first-order chi connectivity index (χ1) is 19.3. The molecule has 8 nitrogen and oxygen atoms in total. The zero-order chi connectivity index (χ0) is 30.9. The molecule has 0 saturated carbocycles. The second-order valence-corrected chi connectivity index (χ2v) is 17.3. The van der Waals surface area contributed by atoms with E-state index in [1.807, 2.05) is 19.1 Å². The molecule has 1 spiro atoms. The van der Waals surface area contributed by atoms with Gasteiger partial charge in [-0.15, -0.1) is 0 Å². The highest BCUT2D eigenvalue weighted by Gasteiger charge is 2.47. The van der Waals surface area contributed by atoms with Crippen molar-refractivity contribution in [1.82, 2.24) is 0 Å². The SMILES string of the molecule is Cc1cc(C2C(=O)Oc3c2cc(C(C)(C)C)cc3C(C)(C)C)cc(C(C)(C)C)c1OP1(=O)OCC2(COPOC2)CO1. The number of carbonyl (C=O) groups excluding carboxylic acids is 1. The van der Waals surface area contributed by atoms with Gasteiger partial charge in [-0.25, -0.2) is 4.57 Å². The molecule has 3 aliphatic rings. The number of aryl methyl sites for hydroxylation is 1. The Morgan fingerprint density at radius 3 is 1.98 bits per heavy atom. The largest absolute Gasteiger partial charge is 0.530 e. The predicted molar refractivity (Wildman–Crippen MR) is 164 cm³/mol. The zero-order valence-corrected chi connectivity index (χ0v) is 28.3. The topological polar surface area (TPSA) is 89.5 Å². The summed E-state index contributed by atoms with van der Waals surface area (Å²) in [5, 5.41) is 0. The van der Waals surface area contributed by atoms with Gasteiger partial charge in [-0.2, -0.15) is 0 Å². The minimum atomic E-state index is -3.91. The minimum absolute atomic E-state index is 0.0107. The van der Waals surface area contributed by atoms with Gasteiger partial charge in [0, 0.05) is 16.7 Å². The quantitative estimate of drug-likeness (QED) is 0.194. The highest BCUT2D eigenvalue weighted by atomic mass is 31.2. The van der Waals surface area contributed by atoms with Crippen LogP contribution >= 0.6 is 16.9 Å². The number of phosphoric ester groups is 1. The van der Waals surface area contributed by atoms with E-state index in [-0.39, 0.29) is 39.0 Å². The first-order valence-electron chi connectivity index (χ1n) is 14.4. The summed E-state index contributed by atoms with van der Waals surface area (Å²) in [6.45, 7) is 22.1. The molecule has 1 atom stereocenters. The van der Waals surface area contributed by atoms with E-state index < -0.39 is 24.6 Å². The van der Waals surface area contributed by atoms with E-state index >= 15 is 0 Å². The Kier molecular flexibility index (Phi) is 8.04. The second kappa shape index (κ2) is 10.7. The van der Waals surface area contributed by atoms with E-state index in [0.717, 1.165) is 33.4 Å². The first-order valence-corrected chi connectivity index (χ1v) is 16.7. The number of fused-ring (bicyclic) bond motifs is 1. The predicted octanol–water partition coefficient (Wildman–Crippen LogP) is 8.01. The molecule has 3 aliphatic heterocycles. The molecule has 0 amide bonds. The van der Waals surface area contributed by atoms with Crippen LogP contribution in [0.25, 0.3) is 0 Å². The summed E-state index contributed by atoms with van der Waals surface area (Å²) in [6.07, 6.45) is 0. The number of hydrogen-bond donors (Lipinski definition) is 0. The van der Waals surface area contributed by atoms with Crippen molar-refractivity contribution in [2.24, 2.45) is 5.41 Å². The van der Waals surface area contributed by atoms with Gasteiger partial charge in [-0.05, 0) is 39.9 Å². The average Bonchev–Trinajstić information content (AvgIpc) is 3.21. The lowest BCUT2D eigenvalue weighted by Crippen LogP contribution is -2.44. The van der Waals surface area contributed by atoms with Crippen LogP contribution in [0, 0.1) is 12.3 Å². The molecule has 5 rings (SSSR count). The number of ether oxygens (including phenoxy) is 1. The summed E-state index contributed by atoms with van der Waals surface area (Å²) in [5.74, 6) is 0.194. The van der Waals surface area contributed by atoms with Gasteiger partial charge in [-0.1, -0.05) is 86.6 Å². The maximum atomic E-state index is 13.7. The third kappa shape index (κ3) is 6.09. The van der Waals surface area contributed by atoms with Crippen LogP contribution in [0.3, 0.4) is 0 Å². The van der Waals surface area contributed by atoms with Crippen molar-refractivity contribution >= 4 is 22.8 Å². The van der Waals surface area contributed by atoms with E-state index in [1.165, 1.54) is 0 Å². The van der Waals surface area contributed by atoms with E-state index in [2.05, 4.69) is 74.4 Å². The van der Waals surface area contributed by atoms with E-state index in [4.69, 9.17) is 27.4 Å². The fraction of sp³-hybridized carbons (Fsp3) is 0.594. The van der Waals surface area contributed by atoms with Crippen molar-refractivity contribution < 1.29 is 36.7 Å². The lowest BCUT2D eigenvalue weighted by atomic mass is 9.76. The average molecular weight is 619 g/mol. The fourth-order valence-electron chi connectivity index (χ4n) is 5.51. The molecule has 10 heteroatoms. The minimum Gasteiger partial charge on any atom is -0.425 e. The van der Waals surface area contributed by atoms with Crippen molar-refractivity contribution in [3.8, 4) is 11.5 Å². The number of carbonyl (C=O) groups is 1. The summed E-state index contributed by atoms with van der Waals surface area (Å²) in [5.41, 5.74) is 4.14. The van der Waals surface area contributed by atoms with Gasteiger partial charge in [-0.3, -0.25) is 13.8 Å². The third-order valence-electron chi connectivity index (χ3n) is 8.11. The summed E-state index contributed by atoms with van der Waals surface area (Å²) >= 11 is 0. The number of hydrogen-bond acceptors (Lipinski definition) is 8. The van der Waals surface area contributed by atoms with E-state index in [1.54, 1.807) is 0 Å². The lowest BCUT2D eigenvalue weighted by Gasteiger charge is -2.40. The molecular weight excluding hydrogens is 574 g/mol. The van der Waals surface area contributed by atoms with Crippen LogP contribution in [0.2, 0.25) is 0 Å². The van der Waals surface area contributed by atoms with Gasteiger partial charge < -0.3 is 18.3 Å². The van der Waals surface area contributed by atoms with E-state index in [9.17, 15) is 9.36 Å². The number of esters is 1. The maximum Gasteiger partial charge on any atom is 0.530 e. The summed E-state index contributed by atoms with van der Waals surface area (Å²) in [7, 11) is -3.92. The number of rotatable bonds is 3. The van der Waals surface area contributed by atoms with Crippen LogP contribution in [0.15, 0.2) is 24.3 Å². The van der Waals surface area contributed by atoms with Crippen LogP contribution in [-0.2, 0) is 43.7 Å². The van der Waals surface area contributed by atoms with Gasteiger partial charge in [0.15, 0.2) is 9.03 Å². The summed E-state index contributed by atoms with van der Waals surface area (Å²) < 4.78 is 48.2. The first kappa shape index (κ1) is 31.6. The van der Waals surface area contributed by atoms with Gasteiger partial charge in [0.25, 0.3) is 0 Å². The Morgan fingerprint density at radius 1 is 0.833 bits per heavy atom. The Labute approximate surface area is 251 Å². The Morgan fingerprint density at radius 2 is 1.43 bits per heavy atom. The van der Waals surface area contributed by atoms with Gasteiger partial charge in [0.2, 0.25) is 0 Å². The Bertz CT molecular complexity index is 1420. The lowest BCUT2D eigenvalue weighted by molar-refractivity contribution is -0.133. The summed E-state index contributed by atoms with van der Waals surface area (Å²) in [4.78, 5) is 13.6. The standard InChI is InChI=1S/C32H44O8P2/c1-19-11-20(25-22-13-21(29(2,3)4)14-24(31(8,9)10)27(22)39-28(25)33)12-23(30(5,6)7)26(19)40-42(34)37-17-32(18-38-42)15-35-41-36-16-32/h11-14,25,41H,15-18H2,1-10H3. The summed E-state index contributed by atoms with van der Waals surface area (Å²) in [6, 6.07) is 8.20. The molecule has 0 aromatic heterocycles. The normalized spacial score (nSPS) is 27.3. The molecule has 42 heavy (non-hydrogen) atoms. The zero-order valence-electron chi connectivity index (χ0n) is 26.4. The molecule has 2 fully saturated rings. The van der Waals surface area contributed by atoms with Crippen LogP contribution < -0.4 is 9.26 Å². The van der Waals surface area contributed by atoms with Gasteiger partial charge in [0.05, 0.1) is 31.8 Å². The Hall–Kier alpha value is -1.79. The molecule has 0 aliphatic carbocycles. The van der Waals surface area contributed by atoms with Crippen LogP contribution in [0.1, 0.15) is 102 Å². The van der Waals surface area contributed by atoms with Crippen LogP contribution in [0.4, 0.5) is 0 Å². The molecule has 2 saturated heterocycles. The fourth-order valence-corrected chi connectivity index (χ4v) is 7.83. The smallest absolute Gasteiger partial charge is 0.425 e. The van der Waals surface area contributed by atoms with Crippen molar-refractivity contribution in [1.29, 1.82) is 0 Å². The molecule has 0 radical (unpaired) electrons. The molecule has 0 bridgehead atoms. The van der Waals surface area contributed by atoms with Crippen LogP contribution in [-0.4, -0.2) is 32.4 Å². The number of benzene rings is 2.